The molecule has 2 N–H and O–H groups in total. The van der Waals surface area contributed by atoms with Gasteiger partial charge in [0.25, 0.3) is 0 Å². The van der Waals surface area contributed by atoms with E-state index in [0.29, 0.717) is 17.3 Å². The third-order valence-electron chi connectivity index (χ3n) is 2.86. The van der Waals surface area contributed by atoms with Crippen LogP contribution in [0.25, 0.3) is 11.1 Å². The lowest BCUT2D eigenvalue weighted by Crippen LogP contribution is -1.83. The summed E-state index contributed by atoms with van der Waals surface area (Å²) < 4.78 is 10.9. The van der Waals surface area contributed by atoms with E-state index in [-0.39, 0.29) is 0 Å². The van der Waals surface area contributed by atoms with Gasteiger partial charge in [0.15, 0.2) is 5.58 Å². The van der Waals surface area contributed by atoms with Crippen LogP contribution in [0, 0.1) is 0 Å². The molecule has 2 aromatic carbocycles. The number of rotatable bonds is 4. The lowest BCUT2D eigenvalue weighted by atomic mass is 10.3. The van der Waals surface area contributed by atoms with Crippen molar-refractivity contribution < 1.29 is 9.15 Å². The topological polar surface area (TPSA) is 61.3 Å². The molecule has 1 heterocycles. The number of thioether (sulfide) groups is 1. The number of nitrogens with two attached hydrogens (primary N) is 1. The highest BCUT2D eigenvalue weighted by molar-refractivity contribution is 7.98. The third kappa shape index (κ3) is 2.72. The Morgan fingerprint density at radius 1 is 1.25 bits per heavy atom. The maximum Gasteiger partial charge on any atom is 0.205 e. The van der Waals surface area contributed by atoms with Crippen molar-refractivity contribution in [2.24, 2.45) is 0 Å². The Balaban J connectivity index is 1.76. The molecule has 0 amide bonds. The number of nitrogen functional groups attached to an aromatic ring is 1. The number of methoxy groups -OCH3 is 1. The summed E-state index contributed by atoms with van der Waals surface area (Å²) in [4.78, 5) is 5.55. The second-order valence-electron chi connectivity index (χ2n) is 4.30. The number of benzene rings is 2. The Bertz CT molecular complexity index is 740. The number of oxazole rings is 1. The van der Waals surface area contributed by atoms with Gasteiger partial charge in [0.05, 0.1) is 12.9 Å². The lowest BCUT2D eigenvalue weighted by molar-refractivity contribution is 0.413. The van der Waals surface area contributed by atoms with E-state index in [1.807, 2.05) is 36.4 Å². The highest BCUT2D eigenvalue weighted by atomic mass is 32.2. The van der Waals surface area contributed by atoms with Gasteiger partial charge in [0.1, 0.15) is 11.3 Å². The summed E-state index contributed by atoms with van der Waals surface area (Å²) in [6.45, 7) is 0. The van der Waals surface area contributed by atoms with Gasteiger partial charge in [-0.25, -0.2) is 4.98 Å². The van der Waals surface area contributed by atoms with Crippen LogP contribution in [0.15, 0.2) is 51.8 Å². The number of fused-ring (bicyclic) bond motifs is 1. The van der Waals surface area contributed by atoms with Crippen LogP contribution < -0.4 is 10.5 Å². The van der Waals surface area contributed by atoms with Gasteiger partial charge in [-0.3, -0.25) is 0 Å². The van der Waals surface area contributed by atoms with Gasteiger partial charge in [-0.1, -0.05) is 6.07 Å². The number of ether oxygens (including phenoxy) is 1. The Hall–Kier alpha value is -2.14. The van der Waals surface area contributed by atoms with Crippen LogP contribution in [0.1, 0.15) is 5.89 Å². The molecule has 0 aliphatic rings. The van der Waals surface area contributed by atoms with E-state index in [9.17, 15) is 0 Å². The van der Waals surface area contributed by atoms with Crippen molar-refractivity contribution in [3.05, 3.63) is 48.4 Å². The summed E-state index contributed by atoms with van der Waals surface area (Å²) >= 11 is 1.65. The van der Waals surface area contributed by atoms with Crippen LogP contribution in [0.2, 0.25) is 0 Å². The molecule has 0 radical (unpaired) electrons. The summed E-state index contributed by atoms with van der Waals surface area (Å²) in [5, 5.41) is 0. The molecule has 0 bridgehead atoms. The van der Waals surface area contributed by atoms with Crippen LogP contribution in [0.4, 0.5) is 5.69 Å². The van der Waals surface area contributed by atoms with E-state index in [2.05, 4.69) is 4.98 Å². The second kappa shape index (κ2) is 5.46. The zero-order valence-electron chi connectivity index (χ0n) is 11.0. The molecule has 102 valence electrons. The van der Waals surface area contributed by atoms with Gasteiger partial charge in [0, 0.05) is 16.6 Å². The minimum atomic E-state index is 0.668. The van der Waals surface area contributed by atoms with E-state index in [1.54, 1.807) is 24.9 Å². The summed E-state index contributed by atoms with van der Waals surface area (Å²) in [5.41, 5.74) is 7.97. The van der Waals surface area contributed by atoms with Gasteiger partial charge in [-0.05, 0) is 30.3 Å². The van der Waals surface area contributed by atoms with E-state index < -0.39 is 0 Å². The van der Waals surface area contributed by atoms with Crippen LogP contribution >= 0.6 is 11.8 Å². The molecule has 1 aromatic heterocycles. The van der Waals surface area contributed by atoms with Crippen molar-refractivity contribution >= 4 is 28.5 Å². The highest BCUT2D eigenvalue weighted by Crippen LogP contribution is 2.27. The first-order valence-corrected chi connectivity index (χ1v) is 7.15. The molecule has 0 spiro atoms. The number of anilines is 1. The van der Waals surface area contributed by atoms with Crippen molar-refractivity contribution in [3.8, 4) is 5.75 Å². The minimum Gasteiger partial charge on any atom is -0.497 e. The highest BCUT2D eigenvalue weighted by Gasteiger charge is 2.07. The molecular formula is C15H14N2O2S. The fraction of sp³-hybridized carbons (Fsp3) is 0.133. The lowest BCUT2D eigenvalue weighted by Gasteiger charge is -2.02. The molecule has 0 aliphatic carbocycles. The molecule has 0 unspecified atom stereocenters. The van der Waals surface area contributed by atoms with Crippen molar-refractivity contribution in [2.75, 3.05) is 12.8 Å². The first kappa shape index (κ1) is 12.9. The fourth-order valence-electron chi connectivity index (χ4n) is 1.89. The van der Waals surface area contributed by atoms with Gasteiger partial charge in [0.2, 0.25) is 5.89 Å². The molecule has 0 aliphatic heterocycles. The van der Waals surface area contributed by atoms with Crippen molar-refractivity contribution in [3.63, 3.8) is 0 Å². The van der Waals surface area contributed by atoms with Crippen LogP contribution in [-0.4, -0.2) is 12.1 Å². The van der Waals surface area contributed by atoms with E-state index in [4.69, 9.17) is 14.9 Å². The predicted octanol–water partition coefficient (Wildman–Crippen LogP) is 3.71. The summed E-state index contributed by atoms with van der Waals surface area (Å²) in [6.07, 6.45) is 0. The summed E-state index contributed by atoms with van der Waals surface area (Å²) in [6, 6.07) is 13.4. The molecule has 0 saturated heterocycles. The van der Waals surface area contributed by atoms with Gasteiger partial charge < -0.3 is 14.9 Å². The molecule has 3 rings (SSSR count). The van der Waals surface area contributed by atoms with Gasteiger partial charge in [-0.15, -0.1) is 11.8 Å². The largest absolute Gasteiger partial charge is 0.497 e. The molecule has 4 nitrogen and oxygen atoms in total. The van der Waals surface area contributed by atoms with Crippen LogP contribution in [0.5, 0.6) is 5.75 Å². The van der Waals surface area contributed by atoms with Crippen LogP contribution in [-0.2, 0) is 5.75 Å². The number of hydrogen-bond acceptors (Lipinski definition) is 5. The average Bonchev–Trinajstić information content (AvgIpc) is 2.87. The Labute approximate surface area is 120 Å². The monoisotopic (exact) mass is 286 g/mol. The number of hydrogen-bond donors (Lipinski definition) is 1. The second-order valence-corrected chi connectivity index (χ2v) is 5.35. The van der Waals surface area contributed by atoms with Gasteiger partial charge in [-0.2, -0.15) is 0 Å². The number of aromatic nitrogens is 1. The SMILES string of the molecule is COc1cccc(SCc2nc3ccc(N)cc3o2)c1. The normalized spacial score (nSPS) is 10.8. The van der Waals surface area contributed by atoms with E-state index in [1.165, 1.54) is 0 Å². The first-order valence-electron chi connectivity index (χ1n) is 6.16. The maximum atomic E-state index is 5.72. The Morgan fingerprint density at radius 2 is 2.15 bits per heavy atom. The zero-order valence-corrected chi connectivity index (χ0v) is 11.8. The first-order chi connectivity index (χ1) is 9.74. The number of nitrogens with zero attached hydrogens (tertiary/aromatic N) is 1. The summed E-state index contributed by atoms with van der Waals surface area (Å²) in [7, 11) is 1.66. The van der Waals surface area contributed by atoms with Crippen molar-refractivity contribution in [1.82, 2.24) is 4.98 Å². The standard InChI is InChI=1S/C15H14N2O2S/c1-18-11-3-2-4-12(8-11)20-9-15-17-13-6-5-10(16)7-14(13)19-15/h2-8H,9,16H2,1H3. The smallest absolute Gasteiger partial charge is 0.205 e. The Morgan fingerprint density at radius 3 is 3.00 bits per heavy atom. The Kier molecular flexibility index (Phi) is 3.52. The molecule has 3 aromatic rings. The molecule has 0 atom stereocenters. The molecule has 0 saturated carbocycles. The maximum absolute atomic E-state index is 5.72. The van der Waals surface area contributed by atoms with Crippen LogP contribution in [0.3, 0.4) is 0 Å². The zero-order chi connectivity index (χ0) is 13.9. The van der Waals surface area contributed by atoms with E-state index in [0.717, 1.165) is 21.7 Å². The minimum absolute atomic E-state index is 0.668. The molecular weight excluding hydrogens is 272 g/mol. The van der Waals surface area contributed by atoms with Crippen molar-refractivity contribution in [1.29, 1.82) is 0 Å². The third-order valence-corrected chi connectivity index (χ3v) is 3.84. The quantitative estimate of drug-likeness (QED) is 0.585. The summed E-state index contributed by atoms with van der Waals surface area (Å²) in [5.74, 6) is 2.21. The fourth-order valence-corrected chi connectivity index (χ4v) is 2.67. The van der Waals surface area contributed by atoms with E-state index >= 15 is 0 Å². The molecule has 0 fully saturated rings. The van der Waals surface area contributed by atoms with Gasteiger partial charge >= 0.3 is 0 Å². The van der Waals surface area contributed by atoms with Crippen molar-refractivity contribution in [2.45, 2.75) is 10.6 Å². The molecule has 5 heteroatoms. The average molecular weight is 286 g/mol. The predicted molar refractivity (Wildman–Crippen MR) is 81.0 cm³/mol. The molecule has 20 heavy (non-hydrogen) atoms.